The Morgan fingerprint density at radius 2 is 2.43 bits per heavy atom. The summed E-state index contributed by atoms with van der Waals surface area (Å²) in [5.41, 5.74) is 6.32. The molecule has 0 unspecified atom stereocenters. The molecule has 6 nitrogen and oxygen atoms in total. The van der Waals surface area contributed by atoms with Crippen molar-refractivity contribution in [3.05, 3.63) is 11.8 Å². The van der Waals surface area contributed by atoms with Gasteiger partial charge in [-0.1, -0.05) is 0 Å². The number of aromatic nitrogens is 2. The quantitative estimate of drug-likeness (QED) is 0.557. The molecule has 0 bridgehead atoms. The van der Waals surface area contributed by atoms with Crippen LogP contribution in [0.25, 0.3) is 0 Å². The number of nitrogen functional groups attached to an aromatic ring is 1. The van der Waals surface area contributed by atoms with E-state index in [4.69, 9.17) is 5.73 Å². The number of hydrogen-bond donors (Lipinski definition) is 4. The van der Waals surface area contributed by atoms with Gasteiger partial charge in [0.2, 0.25) is 0 Å². The van der Waals surface area contributed by atoms with Gasteiger partial charge in [-0.05, 0) is 13.8 Å². The predicted molar refractivity (Wildman–Crippen MR) is 53.5 cm³/mol. The number of anilines is 1. The van der Waals surface area contributed by atoms with E-state index in [9.17, 15) is 4.79 Å². The Labute approximate surface area is 82.3 Å². The van der Waals surface area contributed by atoms with E-state index in [2.05, 4.69) is 20.8 Å². The van der Waals surface area contributed by atoms with Gasteiger partial charge in [-0.2, -0.15) is 5.10 Å². The first-order chi connectivity index (χ1) is 6.59. The first-order valence-electron chi connectivity index (χ1n) is 4.41. The Morgan fingerprint density at radius 1 is 1.71 bits per heavy atom. The summed E-state index contributed by atoms with van der Waals surface area (Å²) < 4.78 is 0. The summed E-state index contributed by atoms with van der Waals surface area (Å²) >= 11 is 0. The lowest BCUT2D eigenvalue weighted by Gasteiger charge is -2.09. The Kier molecular flexibility index (Phi) is 3.33. The van der Waals surface area contributed by atoms with Crippen LogP contribution in [0, 0.1) is 0 Å². The van der Waals surface area contributed by atoms with Gasteiger partial charge in [0.1, 0.15) is 5.82 Å². The molecule has 0 saturated carbocycles. The predicted octanol–water partition coefficient (Wildman–Crippen LogP) is 0.200. The molecule has 5 N–H and O–H groups in total. The van der Waals surface area contributed by atoms with Crippen molar-refractivity contribution in [2.45, 2.75) is 26.4 Å². The lowest BCUT2D eigenvalue weighted by Crippen LogP contribution is -2.39. The van der Waals surface area contributed by atoms with Crippen LogP contribution in [0.1, 0.15) is 19.4 Å². The maximum atomic E-state index is 11.2. The third-order valence-electron chi connectivity index (χ3n) is 1.61. The number of nitrogens with one attached hydrogen (secondary N) is 3. The maximum Gasteiger partial charge on any atom is 0.315 e. The second-order valence-corrected chi connectivity index (χ2v) is 3.29. The lowest BCUT2D eigenvalue weighted by molar-refractivity contribution is 0.238. The van der Waals surface area contributed by atoms with Crippen molar-refractivity contribution >= 4 is 11.8 Å². The van der Waals surface area contributed by atoms with Gasteiger partial charge >= 0.3 is 6.03 Å². The van der Waals surface area contributed by atoms with Gasteiger partial charge in [-0.25, -0.2) is 4.79 Å². The summed E-state index contributed by atoms with van der Waals surface area (Å²) in [4.78, 5) is 11.2. The molecule has 0 radical (unpaired) electrons. The van der Waals surface area contributed by atoms with Crippen LogP contribution in [-0.4, -0.2) is 22.3 Å². The van der Waals surface area contributed by atoms with Gasteiger partial charge in [-0.3, -0.25) is 5.10 Å². The minimum atomic E-state index is -0.208. The molecule has 0 spiro atoms. The van der Waals surface area contributed by atoms with Gasteiger partial charge < -0.3 is 16.4 Å². The Hall–Kier alpha value is -1.72. The van der Waals surface area contributed by atoms with Gasteiger partial charge in [-0.15, -0.1) is 0 Å². The van der Waals surface area contributed by atoms with E-state index in [1.807, 2.05) is 13.8 Å². The zero-order chi connectivity index (χ0) is 10.6. The number of nitrogens with zero attached hydrogens (tertiary/aromatic N) is 1. The fraction of sp³-hybridized carbons (Fsp3) is 0.500. The number of hydrogen-bond acceptors (Lipinski definition) is 3. The number of urea groups is 1. The number of H-pyrrole nitrogens is 1. The zero-order valence-electron chi connectivity index (χ0n) is 8.29. The van der Waals surface area contributed by atoms with E-state index in [0.29, 0.717) is 12.4 Å². The fourth-order valence-electron chi connectivity index (χ4n) is 0.951. The Morgan fingerprint density at radius 3 is 2.93 bits per heavy atom. The number of amides is 2. The highest BCUT2D eigenvalue weighted by atomic mass is 16.2. The van der Waals surface area contributed by atoms with Crippen LogP contribution in [0.3, 0.4) is 0 Å². The molecule has 0 fully saturated rings. The monoisotopic (exact) mass is 197 g/mol. The van der Waals surface area contributed by atoms with Crippen LogP contribution in [0.5, 0.6) is 0 Å². The van der Waals surface area contributed by atoms with Crippen LogP contribution < -0.4 is 16.4 Å². The Balaban J connectivity index is 2.34. The normalized spacial score (nSPS) is 10.2. The third kappa shape index (κ3) is 2.96. The number of rotatable bonds is 3. The SMILES string of the molecule is CC(C)NC(=O)NCc1cn[nH]c1N. The molecule has 0 aliphatic carbocycles. The molecule has 1 rings (SSSR count). The van der Waals surface area contributed by atoms with Gasteiger partial charge in [0.25, 0.3) is 0 Å². The van der Waals surface area contributed by atoms with E-state index in [1.165, 1.54) is 0 Å². The summed E-state index contributed by atoms with van der Waals surface area (Å²) in [5, 5.41) is 11.7. The Bertz CT molecular complexity index is 306. The molecule has 0 aromatic carbocycles. The highest BCUT2D eigenvalue weighted by Gasteiger charge is 2.04. The van der Waals surface area contributed by atoms with Crippen LogP contribution in [0.2, 0.25) is 0 Å². The topological polar surface area (TPSA) is 95.8 Å². The van der Waals surface area contributed by atoms with Crippen molar-refractivity contribution < 1.29 is 4.79 Å². The third-order valence-corrected chi connectivity index (χ3v) is 1.61. The second-order valence-electron chi connectivity index (χ2n) is 3.29. The summed E-state index contributed by atoms with van der Waals surface area (Å²) in [6.45, 7) is 4.17. The first-order valence-corrected chi connectivity index (χ1v) is 4.41. The molecule has 78 valence electrons. The maximum absolute atomic E-state index is 11.2. The van der Waals surface area contributed by atoms with Crippen molar-refractivity contribution in [2.24, 2.45) is 0 Å². The summed E-state index contributed by atoms with van der Waals surface area (Å²) in [6.07, 6.45) is 1.59. The average molecular weight is 197 g/mol. The molecule has 6 heteroatoms. The largest absolute Gasteiger partial charge is 0.384 e. The summed E-state index contributed by atoms with van der Waals surface area (Å²) in [7, 11) is 0. The van der Waals surface area contributed by atoms with Crippen molar-refractivity contribution in [2.75, 3.05) is 5.73 Å². The average Bonchev–Trinajstić information content (AvgIpc) is 2.46. The minimum absolute atomic E-state index is 0.122. The lowest BCUT2D eigenvalue weighted by atomic mass is 10.3. The fourth-order valence-corrected chi connectivity index (χ4v) is 0.951. The zero-order valence-corrected chi connectivity index (χ0v) is 8.29. The molecule has 0 saturated heterocycles. The second kappa shape index (κ2) is 4.50. The molecule has 1 aromatic heterocycles. The minimum Gasteiger partial charge on any atom is -0.384 e. The first kappa shape index (κ1) is 10.4. The van der Waals surface area contributed by atoms with E-state index < -0.39 is 0 Å². The van der Waals surface area contributed by atoms with Crippen LogP contribution in [0.15, 0.2) is 6.20 Å². The van der Waals surface area contributed by atoms with Gasteiger partial charge in [0.05, 0.1) is 6.20 Å². The molecular formula is C8H15N5O. The molecule has 14 heavy (non-hydrogen) atoms. The molecule has 1 heterocycles. The van der Waals surface area contributed by atoms with E-state index in [1.54, 1.807) is 6.20 Å². The highest BCUT2D eigenvalue weighted by molar-refractivity contribution is 5.74. The smallest absolute Gasteiger partial charge is 0.315 e. The highest BCUT2D eigenvalue weighted by Crippen LogP contribution is 2.04. The number of nitrogens with two attached hydrogens (primary N) is 1. The van der Waals surface area contributed by atoms with Gasteiger partial charge in [0.15, 0.2) is 0 Å². The summed E-state index contributed by atoms with van der Waals surface area (Å²) in [6, 6.07) is -0.0858. The molecular weight excluding hydrogens is 182 g/mol. The van der Waals surface area contributed by atoms with Crippen LogP contribution in [-0.2, 0) is 6.54 Å². The van der Waals surface area contributed by atoms with E-state index >= 15 is 0 Å². The number of carbonyl (C=O) groups excluding carboxylic acids is 1. The van der Waals surface area contributed by atoms with Crippen molar-refractivity contribution in [1.29, 1.82) is 0 Å². The molecule has 0 atom stereocenters. The molecule has 1 aromatic rings. The van der Waals surface area contributed by atoms with E-state index in [0.717, 1.165) is 5.56 Å². The molecule has 0 aliphatic heterocycles. The molecule has 2 amide bonds. The number of carbonyl (C=O) groups is 1. The van der Waals surface area contributed by atoms with Crippen LogP contribution in [0.4, 0.5) is 10.6 Å². The number of aromatic amines is 1. The molecule has 0 aliphatic rings. The van der Waals surface area contributed by atoms with Gasteiger partial charge in [0, 0.05) is 18.2 Å². The van der Waals surface area contributed by atoms with E-state index in [-0.39, 0.29) is 12.1 Å². The van der Waals surface area contributed by atoms with Crippen molar-refractivity contribution in [1.82, 2.24) is 20.8 Å². The standard InChI is InChI=1S/C8H15N5O/c1-5(2)12-8(14)10-3-6-4-11-13-7(6)9/h4-5H,3H2,1-2H3,(H3,9,11,13)(H2,10,12,14). The van der Waals surface area contributed by atoms with Crippen LogP contribution >= 0.6 is 0 Å². The van der Waals surface area contributed by atoms with Crippen molar-refractivity contribution in [3.63, 3.8) is 0 Å². The summed E-state index contributed by atoms with van der Waals surface area (Å²) in [5.74, 6) is 0.481. The van der Waals surface area contributed by atoms with Crippen molar-refractivity contribution in [3.8, 4) is 0 Å².